The zero-order chi connectivity index (χ0) is 18.1. The largest absolute Gasteiger partial charge is 0.497 e. The van der Waals surface area contributed by atoms with Crippen LogP contribution in [0.5, 0.6) is 5.75 Å². The van der Waals surface area contributed by atoms with Gasteiger partial charge in [0.25, 0.3) is 0 Å². The molecule has 4 aromatic rings. The van der Waals surface area contributed by atoms with Crippen molar-refractivity contribution in [3.05, 3.63) is 42.9 Å². The van der Waals surface area contributed by atoms with Gasteiger partial charge in [-0.05, 0) is 24.3 Å². The summed E-state index contributed by atoms with van der Waals surface area (Å²) in [6.07, 6.45) is 4.87. The lowest BCUT2D eigenvalue weighted by Crippen LogP contribution is -2.19. The third kappa shape index (κ3) is 3.02. The topological polar surface area (TPSA) is 100 Å². The van der Waals surface area contributed by atoms with Gasteiger partial charge < -0.3 is 14.5 Å². The van der Waals surface area contributed by atoms with Crippen molar-refractivity contribution in [3.63, 3.8) is 0 Å². The molecule has 9 nitrogen and oxygen atoms in total. The van der Waals surface area contributed by atoms with Gasteiger partial charge >= 0.3 is 0 Å². The van der Waals surface area contributed by atoms with Crippen LogP contribution in [-0.4, -0.2) is 37.8 Å². The van der Waals surface area contributed by atoms with E-state index in [4.69, 9.17) is 9.15 Å². The third-order valence-electron chi connectivity index (χ3n) is 3.87. The number of nitrogens with one attached hydrogen (secondary N) is 1. The molecule has 0 fully saturated rings. The summed E-state index contributed by atoms with van der Waals surface area (Å²) in [7, 11) is 3.30. The summed E-state index contributed by atoms with van der Waals surface area (Å²) in [5.74, 6) is 0.902. The standard InChI is InChI=1S/C17H16N6O3/c1-22-18-8-16(21-22)19-17(24)9-23-6-5-14(20-23)13-10-26-15-4-3-11(25-2)7-12(13)15/h3-8,10H,9H2,1-2H3,(H,19,21,24). The maximum absolute atomic E-state index is 12.1. The zero-order valence-corrected chi connectivity index (χ0v) is 14.2. The fourth-order valence-corrected chi connectivity index (χ4v) is 2.66. The summed E-state index contributed by atoms with van der Waals surface area (Å²) in [6, 6.07) is 7.42. The molecule has 1 N–H and O–H groups in total. The van der Waals surface area contributed by atoms with Gasteiger partial charge in [-0.15, -0.1) is 5.10 Å². The van der Waals surface area contributed by atoms with Crippen molar-refractivity contribution < 1.29 is 13.9 Å². The van der Waals surface area contributed by atoms with Crippen molar-refractivity contribution in [2.45, 2.75) is 6.54 Å². The summed E-state index contributed by atoms with van der Waals surface area (Å²) in [6.45, 7) is 0.0652. The van der Waals surface area contributed by atoms with Gasteiger partial charge in [0.15, 0.2) is 5.82 Å². The molecule has 9 heteroatoms. The summed E-state index contributed by atoms with van der Waals surface area (Å²) < 4.78 is 12.4. The number of benzene rings is 1. The van der Waals surface area contributed by atoms with Gasteiger partial charge in [-0.3, -0.25) is 9.48 Å². The van der Waals surface area contributed by atoms with E-state index in [1.54, 1.807) is 31.3 Å². The molecule has 0 aliphatic heterocycles. The minimum atomic E-state index is -0.237. The van der Waals surface area contributed by atoms with Crippen LogP contribution in [0.2, 0.25) is 0 Å². The number of amides is 1. The number of hydrogen-bond donors (Lipinski definition) is 1. The number of aromatic nitrogens is 5. The van der Waals surface area contributed by atoms with Crippen LogP contribution in [0.4, 0.5) is 5.82 Å². The quantitative estimate of drug-likeness (QED) is 0.590. The van der Waals surface area contributed by atoms with Gasteiger partial charge in [0.1, 0.15) is 24.1 Å². The Morgan fingerprint density at radius 2 is 2.19 bits per heavy atom. The van der Waals surface area contributed by atoms with Crippen LogP contribution in [0.25, 0.3) is 22.2 Å². The highest BCUT2D eigenvalue weighted by molar-refractivity contribution is 5.94. The molecule has 0 bridgehead atoms. The molecular weight excluding hydrogens is 336 g/mol. The fraction of sp³-hybridized carbons (Fsp3) is 0.176. The molecule has 26 heavy (non-hydrogen) atoms. The highest BCUT2D eigenvalue weighted by Gasteiger charge is 2.13. The van der Waals surface area contributed by atoms with Crippen LogP contribution in [0.3, 0.4) is 0 Å². The predicted octanol–water partition coefficient (Wildman–Crippen LogP) is 2.07. The Kier molecular flexibility index (Phi) is 3.88. The van der Waals surface area contributed by atoms with Crippen molar-refractivity contribution in [2.75, 3.05) is 12.4 Å². The molecule has 4 rings (SSSR count). The van der Waals surface area contributed by atoms with Crippen molar-refractivity contribution >= 4 is 22.7 Å². The van der Waals surface area contributed by atoms with Crippen LogP contribution in [0.1, 0.15) is 0 Å². The Hall–Kier alpha value is -3.62. The maximum Gasteiger partial charge on any atom is 0.247 e. The lowest BCUT2D eigenvalue weighted by atomic mass is 10.1. The van der Waals surface area contributed by atoms with E-state index in [0.717, 1.165) is 22.3 Å². The van der Waals surface area contributed by atoms with E-state index in [1.807, 2.05) is 24.3 Å². The van der Waals surface area contributed by atoms with Crippen LogP contribution >= 0.6 is 0 Å². The first kappa shape index (κ1) is 15.9. The van der Waals surface area contributed by atoms with Gasteiger partial charge in [-0.1, -0.05) is 0 Å². The number of fused-ring (bicyclic) bond motifs is 1. The van der Waals surface area contributed by atoms with Crippen LogP contribution < -0.4 is 10.1 Å². The van der Waals surface area contributed by atoms with E-state index in [2.05, 4.69) is 20.6 Å². The summed E-state index contributed by atoms with van der Waals surface area (Å²) in [5.41, 5.74) is 2.30. The number of aryl methyl sites for hydroxylation is 1. The molecule has 0 aliphatic carbocycles. The molecule has 0 unspecified atom stereocenters. The molecule has 0 radical (unpaired) electrons. The second kappa shape index (κ2) is 6.36. The first-order chi connectivity index (χ1) is 12.6. The molecule has 1 amide bonds. The van der Waals surface area contributed by atoms with Gasteiger partial charge in [-0.25, -0.2) is 0 Å². The normalized spacial score (nSPS) is 11.0. The molecule has 3 heterocycles. The number of methoxy groups -OCH3 is 1. The Bertz CT molecular complexity index is 1080. The van der Waals surface area contributed by atoms with Crippen LogP contribution in [0.15, 0.2) is 47.3 Å². The number of ether oxygens (including phenoxy) is 1. The lowest BCUT2D eigenvalue weighted by molar-refractivity contribution is -0.116. The number of carbonyl (C=O) groups is 1. The molecular formula is C17H16N6O3. The molecule has 1 aromatic carbocycles. The second-order valence-corrected chi connectivity index (χ2v) is 5.68. The summed E-state index contributed by atoms with van der Waals surface area (Å²) in [4.78, 5) is 13.5. The van der Waals surface area contributed by atoms with Gasteiger partial charge in [0.2, 0.25) is 5.91 Å². The number of anilines is 1. The molecule has 132 valence electrons. The van der Waals surface area contributed by atoms with Crippen LogP contribution in [-0.2, 0) is 18.4 Å². The smallest absolute Gasteiger partial charge is 0.247 e. The van der Waals surface area contributed by atoms with Gasteiger partial charge in [-0.2, -0.15) is 15.0 Å². The lowest BCUT2D eigenvalue weighted by Gasteiger charge is -2.02. The minimum absolute atomic E-state index is 0.0652. The molecule has 0 atom stereocenters. The van der Waals surface area contributed by atoms with E-state index in [0.29, 0.717) is 11.5 Å². The fourth-order valence-electron chi connectivity index (χ4n) is 2.66. The van der Waals surface area contributed by atoms with E-state index in [-0.39, 0.29) is 12.5 Å². The molecule has 3 aromatic heterocycles. The van der Waals surface area contributed by atoms with Crippen molar-refractivity contribution in [3.8, 4) is 17.0 Å². The molecule has 0 saturated heterocycles. The third-order valence-corrected chi connectivity index (χ3v) is 3.87. The van der Waals surface area contributed by atoms with E-state index in [9.17, 15) is 4.79 Å². The minimum Gasteiger partial charge on any atom is -0.497 e. The predicted molar refractivity (Wildman–Crippen MR) is 93.6 cm³/mol. The van der Waals surface area contributed by atoms with E-state index in [1.165, 1.54) is 11.0 Å². The molecule has 0 spiro atoms. The number of rotatable bonds is 5. The number of carbonyl (C=O) groups excluding carboxylic acids is 1. The average molecular weight is 352 g/mol. The monoisotopic (exact) mass is 352 g/mol. The first-order valence-corrected chi connectivity index (χ1v) is 7.87. The van der Waals surface area contributed by atoms with Crippen molar-refractivity contribution in [2.24, 2.45) is 7.05 Å². The summed E-state index contributed by atoms with van der Waals surface area (Å²) >= 11 is 0. The van der Waals surface area contributed by atoms with Gasteiger partial charge in [0.05, 0.1) is 19.0 Å². The first-order valence-electron chi connectivity index (χ1n) is 7.87. The highest BCUT2D eigenvalue weighted by atomic mass is 16.5. The van der Waals surface area contributed by atoms with Crippen molar-refractivity contribution in [1.29, 1.82) is 0 Å². The second-order valence-electron chi connectivity index (χ2n) is 5.68. The van der Waals surface area contributed by atoms with Crippen molar-refractivity contribution in [1.82, 2.24) is 24.8 Å². The van der Waals surface area contributed by atoms with Crippen LogP contribution in [0, 0.1) is 0 Å². The Morgan fingerprint density at radius 1 is 1.31 bits per heavy atom. The SMILES string of the molecule is COc1ccc2occ(-c3ccn(CC(=O)Nc4cnn(C)n4)n3)c2c1. The highest BCUT2D eigenvalue weighted by Crippen LogP contribution is 2.32. The Morgan fingerprint density at radius 3 is 2.96 bits per heavy atom. The van der Waals surface area contributed by atoms with Gasteiger partial charge in [0, 0.05) is 24.2 Å². The Labute approximate surface area is 148 Å². The molecule has 0 aliphatic rings. The zero-order valence-electron chi connectivity index (χ0n) is 14.2. The Balaban J connectivity index is 1.53. The number of nitrogens with zero attached hydrogens (tertiary/aromatic N) is 5. The average Bonchev–Trinajstić information content (AvgIpc) is 3.34. The number of hydrogen-bond acceptors (Lipinski definition) is 6. The van der Waals surface area contributed by atoms with E-state index < -0.39 is 0 Å². The number of furan rings is 1. The van der Waals surface area contributed by atoms with E-state index >= 15 is 0 Å². The summed E-state index contributed by atoms with van der Waals surface area (Å²) in [5, 5.41) is 15.9. The molecule has 0 saturated carbocycles. The maximum atomic E-state index is 12.1.